The van der Waals surface area contributed by atoms with Gasteiger partial charge < -0.3 is 19.2 Å². The Morgan fingerprint density at radius 1 is 1.00 bits per heavy atom. The molecule has 0 aliphatic carbocycles. The van der Waals surface area contributed by atoms with Gasteiger partial charge in [0, 0.05) is 18.9 Å². The van der Waals surface area contributed by atoms with Crippen LogP contribution < -0.4 is 10.2 Å². The maximum absolute atomic E-state index is 12.7. The molecule has 1 saturated heterocycles. The summed E-state index contributed by atoms with van der Waals surface area (Å²) in [7, 11) is 0. The smallest absolute Gasteiger partial charge is 0.223 e. The minimum absolute atomic E-state index is 0.177. The number of H-pyrrole nitrogens is 1. The number of aromatic amines is 1. The number of rotatable bonds is 7. The van der Waals surface area contributed by atoms with Crippen LogP contribution in [-0.2, 0) is 16.1 Å². The lowest BCUT2D eigenvalue weighted by Crippen LogP contribution is -2.26. The van der Waals surface area contributed by atoms with Crippen LogP contribution >= 0.6 is 0 Å². The van der Waals surface area contributed by atoms with E-state index < -0.39 is 6.10 Å². The highest BCUT2D eigenvalue weighted by molar-refractivity contribution is 5.36. The SMILES string of the molecule is O=c1cc[nH]c(C(OC2CCCCO2)c2ccccc2)c1OCc1ccccc1. The van der Waals surface area contributed by atoms with Crippen LogP contribution in [0.4, 0.5) is 0 Å². The fraction of sp³-hybridized carbons (Fsp3) is 0.292. The van der Waals surface area contributed by atoms with Crippen molar-refractivity contribution < 1.29 is 14.2 Å². The fourth-order valence-corrected chi connectivity index (χ4v) is 3.47. The third kappa shape index (κ3) is 4.94. The number of ether oxygens (including phenoxy) is 3. The van der Waals surface area contributed by atoms with Crippen LogP contribution in [0.5, 0.6) is 5.75 Å². The van der Waals surface area contributed by atoms with Gasteiger partial charge in [0.1, 0.15) is 12.7 Å². The van der Waals surface area contributed by atoms with E-state index in [2.05, 4.69) is 4.98 Å². The summed E-state index contributed by atoms with van der Waals surface area (Å²) >= 11 is 0. The maximum atomic E-state index is 12.7. The number of hydrogen-bond donors (Lipinski definition) is 1. The average Bonchev–Trinajstić information content (AvgIpc) is 2.79. The lowest BCUT2D eigenvalue weighted by molar-refractivity contribution is -0.182. The molecule has 150 valence electrons. The molecule has 2 aromatic carbocycles. The average molecular weight is 391 g/mol. The summed E-state index contributed by atoms with van der Waals surface area (Å²) < 4.78 is 18.1. The topological polar surface area (TPSA) is 60.6 Å². The van der Waals surface area contributed by atoms with E-state index in [4.69, 9.17) is 14.2 Å². The van der Waals surface area contributed by atoms with E-state index in [9.17, 15) is 4.79 Å². The molecule has 1 aliphatic heterocycles. The molecule has 2 unspecified atom stereocenters. The van der Waals surface area contributed by atoms with E-state index in [1.54, 1.807) is 6.20 Å². The summed E-state index contributed by atoms with van der Waals surface area (Å²) in [5.41, 5.74) is 2.36. The van der Waals surface area contributed by atoms with E-state index in [0.29, 0.717) is 18.9 Å². The minimum Gasteiger partial charge on any atom is -0.483 e. The highest BCUT2D eigenvalue weighted by Crippen LogP contribution is 2.32. The molecule has 4 rings (SSSR count). The van der Waals surface area contributed by atoms with E-state index in [-0.39, 0.29) is 17.5 Å². The molecule has 2 atom stereocenters. The van der Waals surface area contributed by atoms with Crippen LogP contribution in [0.3, 0.4) is 0 Å². The molecule has 0 saturated carbocycles. The standard InChI is InChI=1S/C24H25NO4/c26-20-14-15-25-22(24(20)28-17-18-9-3-1-4-10-18)23(19-11-5-2-6-12-19)29-21-13-7-8-16-27-21/h1-6,9-12,14-15,21,23H,7-8,13,16-17H2,(H,25,26). The fourth-order valence-electron chi connectivity index (χ4n) is 3.47. The van der Waals surface area contributed by atoms with Gasteiger partial charge in [-0.25, -0.2) is 0 Å². The zero-order valence-electron chi connectivity index (χ0n) is 16.3. The Labute approximate surface area is 170 Å². The molecular formula is C24H25NO4. The van der Waals surface area contributed by atoms with Gasteiger partial charge in [0.15, 0.2) is 12.0 Å². The highest BCUT2D eigenvalue weighted by atomic mass is 16.7. The van der Waals surface area contributed by atoms with Gasteiger partial charge in [-0.15, -0.1) is 0 Å². The predicted octanol–water partition coefficient (Wildman–Crippen LogP) is 4.59. The van der Waals surface area contributed by atoms with Crippen LogP contribution in [0.25, 0.3) is 0 Å². The van der Waals surface area contributed by atoms with E-state index in [0.717, 1.165) is 30.4 Å². The van der Waals surface area contributed by atoms with Crippen molar-refractivity contribution >= 4 is 0 Å². The molecule has 3 aromatic rings. The van der Waals surface area contributed by atoms with Crippen LogP contribution in [0, 0.1) is 0 Å². The zero-order chi connectivity index (χ0) is 19.9. The molecule has 2 heterocycles. The quantitative estimate of drug-likeness (QED) is 0.640. The molecule has 1 N–H and O–H groups in total. The van der Waals surface area contributed by atoms with Crippen molar-refractivity contribution in [1.29, 1.82) is 0 Å². The monoisotopic (exact) mass is 391 g/mol. The maximum Gasteiger partial charge on any atom is 0.223 e. The molecular weight excluding hydrogens is 366 g/mol. The number of hydrogen-bond acceptors (Lipinski definition) is 4. The Kier molecular flexibility index (Phi) is 6.39. The normalized spacial score (nSPS) is 17.6. The van der Waals surface area contributed by atoms with Crippen molar-refractivity contribution in [2.75, 3.05) is 6.61 Å². The second-order valence-electron chi connectivity index (χ2n) is 7.08. The summed E-state index contributed by atoms with van der Waals surface area (Å²) in [5, 5.41) is 0. The van der Waals surface area contributed by atoms with Gasteiger partial charge in [-0.1, -0.05) is 60.7 Å². The zero-order valence-corrected chi connectivity index (χ0v) is 16.3. The van der Waals surface area contributed by atoms with Gasteiger partial charge in [0.05, 0.1) is 5.69 Å². The van der Waals surface area contributed by atoms with Crippen molar-refractivity contribution in [2.45, 2.75) is 38.3 Å². The summed E-state index contributed by atoms with van der Waals surface area (Å²) in [6.45, 7) is 0.997. The third-order valence-corrected chi connectivity index (χ3v) is 4.96. The second kappa shape index (κ2) is 9.54. The van der Waals surface area contributed by atoms with Crippen molar-refractivity contribution in [3.63, 3.8) is 0 Å². The van der Waals surface area contributed by atoms with Crippen molar-refractivity contribution in [3.05, 3.63) is 100.0 Å². The van der Waals surface area contributed by atoms with E-state index in [1.165, 1.54) is 6.07 Å². The van der Waals surface area contributed by atoms with E-state index in [1.807, 2.05) is 60.7 Å². The van der Waals surface area contributed by atoms with Crippen LogP contribution in [-0.4, -0.2) is 17.9 Å². The number of benzene rings is 2. The lowest BCUT2D eigenvalue weighted by Gasteiger charge is -2.28. The van der Waals surface area contributed by atoms with Gasteiger partial charge in [-0.3, -0.25) is 4.79 Å². The van der Waals surface area contributed by atoms with Crippen LogP contribution in [0.2, 0.25) is 0 Å². The minimum atomic E-state index is -0.487. The van der Waals surface area contributed by atoms with Crippen molar-refractivity contribution in [1.82, 2.24) is 4.98 Å². The summed E-state index contributed by atoms with van der Waals surface area (Å²) in [6, 6.07) is 21.1. The van der Waals surface area contributed by atoms with Crippen LogP contribution in [0.15, 0.2) is 77.7 Å². The molecule has 0 amide bonds. The van der Waals surface area contributed by atoms with Gasteiger partial charge in [-0.05, 0) is 30.4 Å². The largest absolute Gasteiger partial charge is 0.483 e. The summed E-state index contributed by atoms with van der Waals surface area (Å²) in [5.74, 6) is 0.279. The third-order valence-electron chi connectivity index (χ3n) is 4.96. The van der Waals surface area contributed by atoms with E-state index >= 15 is 0 Å². The second-order valence-corrected chi connectivity index (χ2v) is 7.08. The molecule has 0 radical (unpaired) electrons. The van der Waals surface area contributed by atoms with Crippen molar-refractivity contribution in [2.24, 2.45) is 0 Å². The van der Waals surface area contributed by atoms with Crippen molar-refractivity contribution in [3.8, 4) is 5.75 Å². The molecule has 1 aromatic heterocycles. The van der Waals surface area contributed by atoms with Gasteiger partial charge in [-0.2, -0.15) is 0 Å². The predicted molar refractivity (Wildman–Crippen MR) is 111 cm³/mol. The molecule has 1 aliphatic rings. The molecule has 0 bridgehead atoms. The number of nitrogens with one attached hydrogen (secondary N) is 1. The molecule has 5 nitrogen and oxygen atoms in total. The molecule has 5 heteroatoms. The Hall–Kier alpha value is -2.89. The Morgan fingerprint density at radius 3 is 2.48 bits per heavy atom. The molecule has 1 fully saturated rings. The summed E-state index contributed by atoms with van der Waals surface area (Å²) in [4.78, 5) is 15.9. The Bertz CT molecular complexity index is 949. The van der Waals surface area contributed by atoms with Gasteiger partial charge in [0.25, 0.3) is 0 Å². The first-order valence-corrected chi connectivity index (χ1v) is 10.0. The van der Waals surface area contributed by atoms with Gasteiger partial charge >= 0.3 is 0 Å². The molecule has 0 spiro atoms. The molecule has 29 heavy (non-hydrogen) atoms. The number of aromatic nitrogens is 1. The Balaban J connectivity index is 1.66. The first-order chi connectivity index (χ1) is 14.3. The first kappa shape index (κ1) is 19.4. The highest BCUT2D eigenvalue weighted by Gasteiger charge is 2.27. The number of pyridine rings is 1. The Morgan fingerprint density at radius 2 is 1.76 bits per heavy atom. The van der Waals surface area contributed by atoms with Crippen LogP contribution in [0.1, 0.15) is 42.2 Å². The first-order valence-electron chi connectivity index (χ1n) is 10.0. The lowest BCUT2D eigenvalue weighted by atomic mass is 10.0. The summed E-state index contributed by atoms with van der Waals surface area (Å²) in [6.07, 6.45) is 3.78. The van der Waals surface area contributed by atoms with Gasteiger partial charge in [0.2, 0.25) is 5.43 Å².